The molecule has 1 aromatic heterocycles. The van der Waals surface area contributed by atoms with E-state index in [1.54, 1.807) is 0 Å². The maximum Gasteiger partial charge on any atom is 0.289 e. The van der Waals surface area contributed by atoms with E-state index in [0.717, 1.165) is 36.8 Å². The van der Waals surface area contributed by atoms with Crippen molar-refractivity contribution in [2.75, 3.05) is 31.1 Å². The second kappa shape index (κ2) is 10.7. The molecule has 0 spiro atoms. The van der Waals surface area contributed by atoms with Gasteiger partial charge in [-0.2, -0.15) is 5.10 Å². The predicted molar refractivity (Wildman–Crippen MR) is 143 cm³/mol. The van der Waals surface area contributed by atoms with E-state index in [-0.39, 0.29) is 22.2 Å². The monoisotopic (exact) mass is 535 g/mol. The number of carbonyl (C=O) groups excluding carboxylic acids is 2. The van der Waals surface area contributed by atoms with Gasteiger partial charge in [0, 0.05) is 61.0 Å². The predicted octanol–water partition coefficient (Wildman–Crippen LogP) is 4.58. The van der Waals surface area contributed by atoms with Crippen LogP contribution in [0.5, 0.6) is 0 Å². The lowest BCUT2D eigenvalue weighted by Gasteiger charge is -2.35. The minimum atomic E-state index is -0.646. The first-order chi connectivity index (χ1) is 18.3. The van der Waals surface area contributed by atoms with Gasteiger partial charge in [0.15, 0.2) is 5.76 Å². The van der Waals surface area contributed by atoms with Crippen molar-refractivity contribution in [3.8, 4) is 0 Å². The van der Waals surface area contributed by atoms with E-state index in [2.05, 4.69) is 27.6 Å². The summed E-state index contributed by atoms with van der Waals surface area (Å²) in [5.41, 5.74) is 5.38. The van der Waals surface area contributed by atoms with Gasteiger partial charge < -0.3 is 14.2 Å². The Morgan fingerprint density at radius 1 is 1.08 bits per heavy atom. The zero-order valence-electron chi connectivity index (χ0n) is 20.8. The van der Waals surface area contributed by atoms with E-state index in [0.29, 0.717) is 48.7 Å². The number of rotatable bonds is 5. The summed E-state index contributed by atoms with van der Waals surface area (Å²) in [6, 6.07) is 13.9. The van der Waals surface area contributed by atoms with E-state index in [1.165, 1.54) is 12.1 Å². The average Bonchev–Trinajstić information content (AvgIpc) is 3.28. The third-order valence-electron chi connectivity index (χ3n) is 6.91. The quantitative estimate of drug-likeness (QED) is 0.377. The zero-order valence-corrected chi connectivity index (χ0v) is 21.5. The summed E-state index contributed by atoms with van der Waals surface area (Å²) in [5.74, 6) is 0.229. The first-order valence-corrected chi connectivity index (χ1v) is 12.7. The third-order valence-corrected chi connectivity index (χ3v) is 7.23. The molecular formula is C27H26ClN5O5. The first-order valence-electron chi connectivity index (χ1n) is 12.4. The molecule has 2 heterocycles. The van der Waals surface area contributed by atoms with Crippen LogP contribution >= 0.6 is 11.6 Å². The fraction of sp³-hybridized carbons (Fsp3) is 0.296. The lowest BCUT2D eigenvalue weighted by atomic mass is 9.93. The second-order valence-electron chi connectivity index (χ2n) is 9.25. The highest BCUT2D eigenvalue weighted by molar-refractivity contribution is 6.32. The van der Waals surface area contributed by atoms with E-state index in [4.69, 9.17) is 16.0 Å². The van der Waals surface area contributed by atoms with E-state index >= 15 is 0 Å². The minimum Gasteiger partial charge on any atom is -0.455 e. The van der Waals surface area contributed by atoms with Crippen LogP contribution in [0.4, 0.5) is 11.4 Å². The van der Waals surface area contributed by atoms with Gasteiger partial charge in [0.05, 0.1) is 10.6 Å². The Labute approximate surface area is 224 Å². The molecule has 2 amide bonds. The van der Waals surface area contributed by atoms with Crippen molar-refractivity contribution in [1.29, 1.82) is 0 Å². The molecule has 38 heavy (non-hydrogen) atoms. The molecule has 1 aliphatic heterocycles. The van der Waals surface area contributed by atoms with Crippen LogP contribution in [0.15, 0.2) is 58.0 Å². The molecule has 10 nitrogen and oxygen atoms in total. The molecule has 2 aliphatic rings. The number of aryl methyl sites for hydroxylation is 1. The van der Waals surface area contributed by atoms with E-state index in [1.807, 2.05) is 30.0 Å². The number of nitro benzene ring substituents is 1. The molecule has 5 rings (SSSR count). The average molecular weight is 536 g/mol. The van der Waals surface area contributed by atoms with Gasteiger partial charge in [0.1, 0.15) is 10.8 Å². The fourth-order valence-corrected chi connectivity index (χ4v) is 5.10. The van der Waals surface area contributed by atoms with E-state index < -0.39 is 10.8 Å². The molecule has 0 unspecified atom stereocenters. The van der Waals surface area contributed by atoms with Crippen molar-refractivity contribution < 1.29 is 18.9 Å². The Bertz CT molecular complexity index is 1430. The number of amides is 2. The Balaban J connectivity index is 1.31. The van der Waals surface area contributed by atoms with Gasteiger partial charge in [-0.05, 0) is 44.0 Å². The van der Waals surface area contributed by atoms with Gasteiger partial charge in [-0.3, -0.25) is 19.7 Å². The highest BCUT2D eigenvalue weighted by Crippen LogP contribution is 2.31. The Hall–Kier alpha value is -4.18. The lowest BCUT2D eigenvalue weighted by Crippen LogP contribution is -2.48. The molecule has 196 valence electrons. The van der Waals surface area contributed by atoms with Crippen LogP contribution in [0, 0.1) is 17.0 Å². The van der Waals surface area contributed by atoms with Crippen molar-refractivity contribution in [2.45, 2.75) is 26.2 Å². The number of fused-ring (bicyclic) bond motifs is 1. The summed E-state index contributed by atoms with van der Waals surface area (Å²) in [5, 5.41) is 15.4. The number of halogens is 1. The second-order valence-corrected chi connectivity index (χ2v) is 9.65. The Morgan fingerprint density at radius 3 is 2.53 bits per heavy atom. The number of nitrogens with one attached hydrogen (secondary N) is 1. The fourth-order valence-electron chi connectivity index (χ4n) is 4.91. The van der Waals surface area contributed by atoms with Gasteiger partial charge in [-0.1, -0.05) is 29.8 Å². The Kier molecular flexibility index (Phi) is 7.15. The topological polar surface area (TPSA) is 121 Å². The maximum atomic E-state index is 13.4. The molecule has 0 saturated carbocycles. The molecule has 0 atom stereocenters. The van der Waals surface area contributed by atoms with Gasteiger partial charge in [0.25, 0.3) is 17.5 Å². The van der Waals surface area contributed by atoms with Crippen LogP contribution in [0.3, 0.4) is 0 Å². The molecule has 0 bridgehead atoms. The minimum absolute atomic E-state index is 0.0533. The molecule has 1 saturated heterocycles. The molecule has 1 aliphatic carbocycles. The van der Waals surface area contributed by atoms with Crippen molar-refractivity contribution in [2.24, 2.45) is 5.10 Å². The SMILES string of the molecule is Cc1c(C(=O)N2CCN(c3ccccc3)CC2)oc2c1/C(=N/NC(=O)c1ccc(Cl)c([N+](=O)[O-])c1)CCC2. The smallest absolute Gasteiger partial charge is 0.289 e. The number of benzene rings is 2. The number of carbonyl (C=O) groups is 2. The summed E-state index contributed by atoms with van der Waals surface area (Å²) in [6.45, 7) is 4.47. The normalized spacial score (nSPS) is 16.3. The standard InChI is InChI=1S/C27H26ClN5O5/c1-17-24-21(29-30-26(34)18-10-11-20(28)22(16-18)33(36)37)8-5-9-23(24)38-25(17)27(35)32-14-12-31(13-15-32)19-6-3-2-4-7-19/h2-4,6-7,10-11,16H,5,8-9,12-15H2,1H3,(H,30,34)/b29-21+. The number of para-hydroxylation sites is 1. The van der Waals surface area contributed by atoms with E-state index in [9.17, 15) is 19.7 Å². The molecule has 0 radical (unpaired) electrons. The summed E-state index contributed by atoms with van der Waals surface area (Å²) in [4.78, 5) is 40.6. The summed E-state index contributed by atoms with van der Waals surface area (Å²) < 4.78 is 6.05. The van der Waals surface area contributed by atoms with Crippen LogP contribution in [0.25, 0.3) is 0 Å². The summed E-state index contributed by atoms with van der Waals surface area (Å²) in [6.07, 6.45) is 2.02. The summed E-state index contributed by atoms with van der Waals surface area (Å²) in [7, 11) is 0. The highest BCUT2D eigenvalue weighted by Gasteiger charge is 2.31. The molecule has 2 aromatic carbocycles. The maximum absolute atomic E-state index is 13.4. The third kappa shape index (κ3) is 4.99. The van der Waals surface area contributed by atoms with Gasteiger partial charge >= 0.3 is 0 Å². The molecule has 11 heteroatoms. The first kappa shape index (κ1) is 25.5. The van der Waals surface area contributed by atoms with Crippen LogP contribution < -0.4 is 10.3 Å². The molecule has 1 fully saturated rings. The van der Waals surface area contributed by atoms with Crippen molar-refractivity contribution in [3.05, 3.63) is 91.9 Å². The zero-order chi connectivity index (χ0) is 26.8. The van der Waals surface area contributed by atoms with Crippen molar-refractivity contribution in [3.63, 3.8) is 0 Å². The number of hydrogen-bond donors (Lipinski definition) is 1. The number of hydrazone groups is 1. The molecular weight excluding hydrogens is 510 g/mol. The summed E-state index contributed by atoms with van der Waals surface area (Å²) >= 11 is 5.84. The number of anilines is 1. The van der Waals surface area contributed by atoms with Crippen LogP contribution in [0.1, 0.15) is 50.6 Å². The van der Waals surface area contributed by atoms with Gasteiger partial charge in [0.2, 0.25) is 0 Å². The largest absolute Gasteiger partial charge is 0.455 e. The molecule has 1 N–H and O–H groups in total. The number of furan rings is 1. The number of piperazine rings is 1. The van der Waals surface area contributed by atoms with Crippen LogP contribution in [0.2, 0.25) is 5.02 Å². The number of hydrogen-bond acceptors (Lipinski definition) is 7. The highest BCUT2D eigenvalue weighted by atomic mass is 35.5. The van der Waals surface area contributed by atoms with Gasteiger partial charge in [-0.15, -0.1) is 0 Å². The van der Waals surface area contributed by atoms with Crippen molar-refractivity contribution in [1.82, 2.24) is 10.3 Å². The molecule has 3 aromatic rings. The van der Waals surface area contributed by atoms with Crippen LogP contribution in [-0.4, -0.2) is 53.5 Å². The van der Waals surface area contributed by atoms with Crippen molar-refractivity contribution >= 4 is 40.5 Å². The Morgan fingerprint density at radius 2 is 1.82 bits per heavy atom. The number of nitro groups is 1. The van der Waals surface area contributed by atoms with Gasteiger partial charge in [-0.25, -0.2) is 5.43 Å². The van der Waals surface area contributed by atoms with Crippen LogP contribution in [-0.2, 0) is 6.42 Å². The number of nitrogens with zero attached hydrogens (tertiary/aromatic N) is 4. The lowest BCUT2D eigenvalue weighted by molar-refractivity contribution is -0.384.